The highest BCUT2D eigenvalue weighted by Crippen LogP contribution is 2.43. The Morgan fingerprint density at radius 1 is 1.67 bits per heavy atom. The lowest BCUT2D eigenvalue weighted by molar-refractivity contribution is 0.180. The van der Waals surface area contributed by atoms with Crippen LogP contribution in [0.2, 0.25) is 5.02 Å². The van der Waals surface area contributed by atoms with Gasteiger partial charge in [-0.3, -0.25) is 4.68 Å². The molecule has 2 atom stereocenters. The lowest BCUT2D eigenvalue weighted by atomic mass is 9.84. The molecule has 1 saturated carbocycles. The van der Waals surface area contributed by atoms with E-state index < -0.39 is 0 Å². The molecule has 1 fully saturated rings. The molecule has 1 aromatic rings. The molecule has 1 N–H and O–H groups in total. The van der Waals surface area contributed by atoms with E-state index in [0.717, 1.165) is 24.4 Å². The molecule has 0 bridgehead atoms. The molecule has 0 spiro atoms. The first kappa shape index (κ1) is 13.8. The van der Waals surface area contributed by atoms with Gasteiger partial charge in [0.05, 0.1) is 30.1 Å². The second-order valence-electron chi connectivity index (χ2n) is 5.35. The van der Waals surface area contributed by atoms with Gasteiger partial charge in [0.25, 0.3) is 0 Å². The van der Waals surface area contributed by atoms with E-state index in [1.165, 1.54) is 12.1 Å². The average molecular weight is 272 g/mol. The van der Waals surface area contributed by atoms with E-state index >= 15 is 0 Å². The Morgan fingerprint density at radius 2 is 2.44 bits per heavy atom. The van der Waals surface area contributed by atoms with Crippen LogP contribution in [0.4, 0.5) is 0 Å². The van der Waals surface area contributed by atoms with Crippen molar-refractivity contribution in [1.29, 1.82) is 0 Å². The molecule has 102 valence electrons. The molecule has 2 rings (SSSR count). The molecule has 0 aromatic carbocycles. The summed E-state index contributed by atoms with van der Waals surface area (Å²) in [4.78, 5) is 0. The SMILES string of the molecule is CNC1CCC(C)(c2c(Cl)cnn2CCOC)C1. The summed E-state index contributed by atoms with van der Waals surface area (Å²) in [6, 6.07) is 0.580. The Morgan fingerprint density at radius 3 is 3.06 bits per heavy atom. The predicted molar refractivity (Wildman–Crippen MR) is 73.2 cm³/mol. The number of nitrogens with zero attached hydrogens (tertiary/aromatic N) is 2. The van der Waals surface area contributed by atoms with Gasteiger partial charge in [0.2, 0.25) is 0 Å². The van der Waals surface area contributed by atoms with Crippen LogP contribution < -0.4 is 5.32 Å². The Bertz CT molecular complexity index is 407. The Labute approximate surface area is 114 Å². The van der Waals surface area contributed by atoms with E-state index in [9.17, 15) is 0 Å². The first-order chi connectivity index (χ1) is 8.60. The third-order valence-corrected chi connectivity index (χ3v) is 4.30. The van der Waals surface area contributed by atoms with E-state index in [2.05, 4.69) is 17.3 Å². The summed E-state index contributed by atoms with van der Waals surface area (Å²) in [5, 5.41) is 8.53. The van der Waals surface area contributed by atoms with Gasteiger partial charge in [-0.05, 0) is 26.3 Å². The first-order valence-corrected chi connectivity index (χ1v) is 6.86. The van der Waals surface area contributed by atoms with Gasteiger partial charge >= 0.3 is 0 Å². The molecule has 5 heteroatoms. The second-order valence-corrected chi connectivity index (χ2v) is 5.75. The van der Waals surface area contributed by atoms with Crippen LogP contribution in [0.25, 0.3) is 0 Å². The van der Waals surface area contributed by atoms with Crippen LogP contribution in [0, 0.1) is 0 Å². The van der Waals surface area contributed by atoms with E-state index in [4.69, 9.17) is 16.3 Å². The van der Waals surface area contributed by atoms with Gasteiger partial charge < -0.3 is 10.1 Å². The molecule has 18 heavy (non-hydrogen) atoms. The largest absolute Gasteiger partial charge is 0.383 e. The fourth-order valence-corrected chi connectivity index (χ4v) is 3.38. The zero-order chi connectivity index (χ0) is 13.2. The van der Waals surface area contributed by atoms with Gasteiger partial charge in [0, 0.05) is 18.6 Å². The topological polar surface area (TPSA) is 39.1 Å². The smallest absolute Gasteiger partial charge is 0.0823 e. The van der Waals surface area contributed by atoms with E-state index in [-0.39, 0.29) is 5.41 Å². The zero-order valence-corrected chi connectivity index (χ0v) is 12.1. The maximum Gasteiger partial charge on any atom is 0.0823 e. The van der Waals surface area contributed by atoms with Crippen LogP contribution in [0.1, 0.15) is 31.9 Å². The maximum absolute atomic E-state index is 6.34. The number of ether oxygens (including phenoxy) is 1. The zero-order valence-electron chi connectivity index (χ0n) is 11.4. The molecule has 0 amide bonds. The van der Waals surface area contributed by atoms with Crippen molar-refractivity contribution in [2.75, 3.05) is 20.8 Å². The second kappa shape index (κ2) is 5.59. The summed E-state index contributed by atoms with van der Waals surface area (Å²) in [7, 11) is 3.74. The number of hydrogen-bond acceptors (Lipinski definition) is 3. The summed E-state index contributed by atoms with van der Waals surface area (Å²) in [5.74, 6) is 0. The summed E-state index contributed by atoms with van der Waals surface area (Å²) in [6.07, 6.45) is 5.21. The highest BCUT2D eigenvalue weighted by molar-refractivity contribution is 6.31. The number of rotatable bonds is 5. The number of hydrogen-bond donors (Lipinski definition) is 1. The standard InChI is InChI=1S/C13H22ClN3O/c1-13(5-4-10(8-13)15-2)12-11(14)9-16-17(12)6-7-18-3/h9-10,15H,4-8H2,1-3H3. The maximum atomic E-state index is 6.34. The molecule has 1 aliphatic carbocycles. The van der Waals surface area contributed by atoms with Crippen molar-refractivity contribution in [1.82, 2.24) is 15.1 Å². The van der Waals surface area contributed by atoms with Crippen molar-refractivity contribution < 1.29 is 4.74 Å². The Kier molecular flexibility index (Phi) is 4.30. The van der Waals surface area contributed by atoms with Crippen LogP contribution in [-0.4, -0.2) is 36.6 Å². The Balaban J connectivity index is 2.24. The summed E-state index contributed by atoms with van der Waals surface area (Å²) in [5.41, 5.74) is 1.29. The lowest BCUT2D eigenvalue weighted by Crippen LogP contribution is -2.28. The molecule has 4 nitrogen and oxygen atoms in total. The van der Waals surface area contributed by atoms with Gasteiger partial charge in [0.15, 0.2) is 0 Å². The van der Waals surface area contributed by atoms with Crippen LogP contribution in [-0.2, 0) is 16.7 Å². The highest BCUT2D eigenvalue weighted by atomic mass is 35.5. The third-order valence-electron chi connectivity index (χ3n) is 4.02. The van der Waals surface area contributed by atoms with Gasteiger partial charge in [0.1, 0.15) is 0 Å². The van der Waals surface area contributed by atoms with Crippen molar-refractivity contribution in [3.05, 3.63) is 16.9 Å². The molecule has 1 aliphatic rings. The first-order valence-electron chi connectivity index (χ1n) is 6.48. The molecule has 0 saturated heterocycles. The molecule has 0 radical (unpaired) electrons. The summed E-state index contributed by atoms with van der Waals surface area (Å²) < 4.78 is 7.14. The normalized spacial score (nSPS) is 27.9. The highest BCUT2D eigenvalue weighted by Gasteiger charge is 2.39. The van der Waals surface area contributed by atoms with Gasteiger partial charge in [-0.2, -0.15) is 5.10 Å². The van der Waals surface area contributed by atoms with Crippen molar-refractivity contribution in [3.63, 3.8) is 0 Å². The summed E-state index contributed by atoms with van der Waals surface area (Å²) >= 11 is 6.34. The van der Waals surface area contributed by atoms with Gasteiger partial charge in [-0.15, -0.1) is 0 Å². The van der Waals surface area contributed by atoms with Crippen LogP contribution in [0.15, 0.2) is 6.20 Å². The molecule has 1 heterocycles. The minimum absolute atomic E-state index is 0.120. The molecular formula is C13H22ClN3O. The lowest BCUT2D eigenvalue weighted by Gasteiger charge is -2.26. The average Bonchev–Trinajstić information content (AvgIpc) is 2.91. The van der Waals surface area contributed by atoms with Crippen molar-refractivity contribution in [2.24, 2.45) is 0 Å². The molecule has 1 aromatic heterocycles. The Hall–Kier alpha value is -0.580. The number of aromatic nitrogens is 2. The van der Waals surface area contributed by atoms with Crippen molar-refractivity contribution in [3.8, 4) is 0 Å². The quantitative estimate of drug-likeness (QED) is 0.893. The van der Waals surface area contributed by atoms with Crippen LogP contribution in [0.3, 0.4) is 0 Å². The molecule has 0 aliphatic heterocycles. The minimum Gasteiger partial charge on any atom is -0.383 e. The third kappa shape index (κ3) is 2.56. The monoisotopic (exact) mass is 271 g/mol. The van der Waals surface area contributed by atoms with Crippen molar-refractivity contribution in [2.45, 2.75) is 44.2 Å². The van der Waals surface area contributed by atoms with E-state index in [1.807, 2.05) is 11.7 Å². The molecule has 2 unspecified atom stereocenters. The predicted octanol–water partition coefficient (Wildman–Crippen LogP) is 2.21. The van der Waals surface area contributed by atoms with Crippen molar-refractivity contribution >= 4 is 11.6 Å². The van der Waals surface area contributed by atoms with Crippen LogP contribution in [0.5, 0.6) is 0 Å². The summed E-state index contributed by atoms with van der Waals surface area (Å²) in [6.45, 7) is 3.71. The van der Waals surface area contributed by atoms with E-state index in [0.29, 0.717) is 12.6 Å². The number of nitrogens with one attached hydrogen (secondary N) is 1. The van der Waals surface area contributed by atoms with Gasteiger partial charge in [-0.25, -0.2) is 0 Å². The van der Waals surface area contributed by atoms with Gasteiger partial charge in [-0.1, -0.05) is 18.5 Å². The minimum atomic E-state index is 0.120. The van der Waals surface area contributed by atoms with Crippen LogP contribution >= 0.6 is 11.6 Å². The molecular weight excluding hydrogens is 250 g/mol. The number of halogens is 1. The number of methoxy groups -OCH3 is 1. The fraction of sp³-hybridized carbons (Fsp3) is 0.769. The van der Waals surface area contributed by atoms with E-state index in [1.54, 1.807) is 13.3 Å². The fourth-order valence-electron chi connectivity index (χ4n) is 3.01.